The van der Waals surface area contributed by atoms with Crippen molar-refractivity contribution in [1.82, 2.24) is 9.97 Å². The summed E-state index contributed by atoms with van der Waals surface area (Å²) in [6.45, 7) is 8.21. The third kappa shape index (κ3) is 3.21. The maximum Gasteiger partial charge on any atom is 0.136 e. The molecule has 8 rings (SSSR count). The lowest BCUT2D eigenvalue weighted by Crippen LogP contribution is -1.91. The quantitative estimate of drug-likeness (QED) is 0.255. The lowest BCUT2D eigenvalue weighted by Gasteiger charge is -2.13. The van der Waals surface area contributed by atoms with Gasteiger partial charge in [-0.1, -0.05) is 98.1 Å². The van der Waals surface area contributed by atoms with E-state index in [4.69, 9.17) is 9.40 Å². The fraction of sp³-hybridized carbons (Fsp3) is 0. The summed E-state index contributed by atoms with van der Waals surface area (Å²) in [6.07, 6.45) is 3.83. The van der Waals surface area contributed by atoms with Crippen LogP contribution in [0.3, 0.4) is 0 Å². The molecule has 3 aromatic heterocycles. The number of aromatic nitrogens is 2. The van der Waals surface area contributed by atoms with Crippen molar-refractivity contribution in [2.75, 3.05) is 0 Å². The van der Waals surface area contributed by atoms with Crippen LogP contribution in [-0.4, -0.2) is 9.97 Å². The van der Waals surface area contributed by atoms with Crippen LogP contribution in [0.15, 0.2) is 121 Å². The molecule has 0 radical (unpaired) electrons. The average molecular weight is 513 g/mol. The van der Waals surface area contributed by atoms with Crippen LogP contribution in [0.25, 0.3) is 89.2 Å². The van der Waals surface area contributed by atoms with E-state index < -0.39 is 0 Å². The zero-order valence-electron chi connectivity index (χ0n) is 21.7. The molecular formula is C37H24N2O. The van der Waals surface area contributed by atoms with E-state index in [0.29, 0.717) is 0 Å². The zero-order valence-corrected chi connectivity index (χ0v) is 21.7. The minimum Gasteiger partial charge on any atom is -0.456 e. The number of H-pyrrole nitrogens is 1. The number of pyridine rings is 1. The Bertz CT molecular complexity index is 2320. The van der Waals surface area contributed by atoms with Gasteiger partial charge in [0.1, 0.15) is 11.2 Å². The van der Waals surface area contributed by atoms with Gasteiger partial charge in [-0.2, -0.15) is 0 Å². The van der Waals surface area contributed by atoms with E-state index in [1.54, 1.807) is 0 Å². The number of nitrogens with one attached hydrogen (secondary N) is 1. The average Bonchev–Trinajstić information content (AvgIpc) is 3.61. The molecule has 0 aliphatic carbocycles. The van der Waals surface area contributed by atoms with E-state index in [9.17, 15) is 0 Å². The number of nitrogens with zero attached hydrogens (tertiary/aromatic N) is 1. The molecule has 8 aromatic rings. The largest absolute Gasteiger partial charge is 0.456 e. The Morgan fingerprint density at radius 2 is 1.45 bits per heavy atom. The lowest BCUT2D eigenvalue weighted by molar-refractivity contribution is 0.669. The van der Waals surface area contributed by atoms with Crippen molar-refractivity contribution in [2.45, 2.75) is 0 Å². The van der Waals surface area contributed by atoms with Crippen LogP contribution in [0.4, 0.5) is 0 Å². The maximum atomic E-state index is 6.15. The summed E-state index contributed by atoms with van der Waals surface area (Å²) in [4.78, 5) is 9.00. The van der Waals surface area contributed by atoms with Crippen molar-refractivity contribution < 1.29 is 4.42 Å². The number of hydrogen-bond donors (Lipinski definition) is 1. The molecule has 3 heterocycles. The standard InChI is InChI=1S/C37H24N2O/c1-3-22-20-24-10-5-6-11-27(24)34(26(22)4-2)31-21-25-17-16-23-18-19-30(38-36(23)37(25)39-31)28-13-9-15-33-35(28)29-12-7-8-14-32(29)40-33/h3-21,39H,1-2H2. The molecular weight excluding hydrogens is 488 g/mol. The van der Waals surface area contributed by atoms with E-state index in [1.807, 2.05) is 36.4 Å². The molecule has 3 nitrogen and oxygen atoms in total. The highest BCUT2D eigenvalue weighted by Crippen LogP contribution is 2.40. The SMILES string of the molecule is C=Cc1cc2ccccc2c(-c2cc3ccc4ccc(-c5cccc6oc7ccccc7c56)nc4c3[nH]2)c1C=C. The molecule has 5 aromatic carbocycles. The minimum absolute atomic E-state index is 0.867. The molecule has 0 saturated heterocycles. The van der Waals surface area contributed by atoms with Gasteiger partial charge in [-0.25, -0.2) is 4.98 Å². The Kier molecular flexibility index (Phi) is 4.82. The predicted molar refractivity (Wildman–Crippen MR) is 169 cm³/mol. The van der Waals surface area contributed by atoms with Crippen LogP contribution in [0.5, 0.6) is 0 Å². The molecule has 0 bridgehead atoms. The summed E-state index contributed by atoms with van der Waals surface area (Å²) < 4.78 is 6.15. The van der Waals surface area contributed by atoms with E-state index in [2.05, 4.69) is 97.0 Å². The molecule has 0 aliphatic rings. The monoisotopic (exact) mass is 512 g/mol. The number of furan rings is 1. The topological polar surface area (TPSA) is 41.8 Å². The highest BCUT2D eigenvalue weighted by molar-refractivity contribution is 6.13. The second kappa shape index (κ2) is 8.55. The summed E-state index contributed by atoms with van der Waals surface area (Å²) >= 11 is 0. The first-order valence-electron chi connectivity index (χ1n) is 13.4. The van der Waals surface area contributed by atoms with Gasteiger partial charge in [-0.05, 0) is 52.2 Å². The first-order valence-corrected chi connectivity index (χ1v) is 13.4. The van der Waals surface area contributed by atoms with E-state index >= 15 is 0 Å². The number of aromatic amines is 1. The molecule has 0 atom stereocenters. The van der Waals surface area contributed by atoms with Gasteiger partial charge < -0.3 is 9.40 Å². The molecule has 188 valence electrons. The van der Waals surface area contributed by atoms with Crippen molar-refractivity contribution >= 4 is 66.7 Å². The first kappa shape index (κ1) is 22.6. The molecule has 0 aliphatic heterocycles. The molecule has 1 N–H and O–H groups in total. The minimum atomic E-state index is 0.867. The Hall–Kier alpha value is -5.41. The van der Waals surface area contributed by atoms with Crippen molar-refractivity contribution in [3.05, 3.63) is 127 Å². The second-order valence-corrected chi connectivity index (χ2v) is 10.1. The second-order valence-electron chi connectivity index (χ2n) is 10.1. The zero-order chi connectivity index (χ0) is 26.8. The third-order valence-electron chi connectivity index (χ3n) is 7.95. The van der Waals surface area contributed by atoms with Gasteiger partial charge in [0.25, 0.3) is 0 Å². The smallest absolute Gasteiger partial charge is 0.136 e. The first-order chi connectivity index (χ1) is 19.7. The third-order valence-corrected chi connectivity index (χ3v) is 7.95. The van der Waals surface area contributed by atoms with Crippen LogP contribution in [0.2, 0.25) is 0 Å². The van der Waals surface area contributed by atoms with Crippen molar-refractivity contribution in [2.24, 2.45) is 0 Å². The predicted octanol–water partition coefficient (Wildman–Crippen LogP) is 10.4. The van der Waals surface area contributed by atoms with Crippen molar-refractivity contribution in [1.29, 1.82) is 0 Å². The Morgan fingerprint density at radius 3 is 2.33 bits per heavy atom. The molecule has 0 unspecified atom stereocenters. The number of benzene rings is 5. The van der Waals surface area contributed by atoms with Crippen molar-refractivity contribution in [3.8, 4) is 22.5 Å². The summed E-state index contributed by atoms with van der Waals surface area (Å²) in [6, 6.07) is 35.8. The van der Waals surface area contributed by atoms with Crippen molar-refractivity contribution in [3.63, 3.8) is 0 Å². The van der Waals surface area contributed by atoms with Gasteiger partial charge in [-0.3, -0.25) is 0 Å². The van der Waals surface area contributed by atoms with Gasteiger partial charge in [0, 0.05) is 38.4 Å². The lowest BCUT2D eigenvalue weighted by atomic mass is 9.92. The van der Waals surface area contributed by atoms with Gasteiger partial charge in [-0.15, -0.1) is 0 Å². The van der Waals surface area contributed by atoms with E-state index in [0.717, 1.165) is 77.4 Å². The highest BCUT2D eigenvalue weighted by Gasteiger charge is 2.17. The number of para-hydroxylation sites is 1. The molecule has 0 spiro atoms. The molecule has 0 fully saturated rings. The Balaban J connectivity index is 1.39. The molecule has 3 heteroatoms. The molecule has 0 amide bonds. The van der Waals surface area contributed by atoms with Gasteiger partial charge in [0.15, 0.2) is 0 Å². The molecule has 0 saturated carbocycles. The normalized spacial score (nSPS) is 11.7. The Labute approximate surface area is 230 Å². The summed E-state index contributed by atoms with van der Waals surface area (Å²) in [5.41, 5.74) is 9.97. The van der Waals surface area contributed by atoms with E-state index in [1.165, 1.54) is 10.8 Å². The highest BCUT2D eigenvalue weighted by atomic mass is 16.3. The summed E-state index contributed by atoms with van der Waals surface area (Å²) in [5.74, 6) is 0. The van der Waals surface area contributed by atoms with Gasteiger partial charge >= 0.3 is 0 Å². The van der Waals surface area contributed by atoms with Crippen LogP contribution in [-0.2, 0) is 0 Å². The fourth-order valence-corrected chi connectivity index (χ4v) is 6.12. The number of fused-ring (bicyclic) bond motifs is 7. The van der Waals surface area contributed by atoms with E-state index in [-0.39, 0.29) is 0 Å². The van der Waals surface area contributed by atoms with Crippen LogP contribution in [0.1, 0.15) is 11.1 Å². The summed E-state index contributed by atoms with van der Waals surface area (Å²) in [5, 5.41) is 6.73. The van der Waals surface area contributed by atoms with Gasteiger partial charge in [0.05, 0.1) is 16.7 Å². The summed E-state index contributed by atoms with van der Waals surface area (Å²) in [7, 11) is 0. The van der Waals surface area contributed by atoms with Crippen LogP contribution < -0.4 is 0 Å². The molecule has 40 heavy (non-hydrogen) atoms. The van der Waals surface area contributed by atoms with Gasteiger partial charge in [0.2, 0.25) is 0 Å². The van der Waals surface area contributed by atoms with Crippen LogP contribution in [0, 0.1) is 0 Å². The van der Waals surface area contributed by atoms with Crippen LogP contribution >= 0.6 is 0 Å². The number of rotatable bonds is 4. The maximum absolute atomic E-state index is 6.15. The number of hydrogen-bond acceptors (Lipinski definition) is 2. The Morgan fingerprint density at radius 1 is 0.675 bits per heavy atom. The fourth-order valence-electron chi connectivity index (χ4n) is 6.12.